The maximum atomic E-state index is 11.6. The molecule has 1 atom stereocenters. The van der Waals surface area contributed by atoms with Gasteiger partial charge in [0.25, 0.3) is 0 Å². The van der Waals surface area contributed by atoms with Gasteiger partial charge < -0.3 is 10.1 Å². The predicted octanol–water partition coefficient (Wildman–Crippen LogP) is 0.546. The van der Waals surface area contributed by atoms with E-state index in [0.29, 0.717) is 26.2 Å². The van der Waals surface area contributed by atoms with E-state index in [1.807, 2.05) is 30.3 Å². The summed E-state index contributed by atoms with van der Waals surface area (Å²) in [6.45, 7) is 3.02. The van der Waals surface area contributed by atoms with Gasteiger partial charge in [0.15, 0.2) is 0 Å². The second-order valence-corrected chi connectivity index (χ2v) is 6.80. The molecule has 1 saturated heterocycles. The molecule has 1 aromatic carbocycles. The Bertz CT molecular complexity index is 490. The van der Waals surface area contributed by atoms with Crippen LogP contribution in [0.15, 0.2) is 30.3 Å². The van der Waals surface area contributed by atoms with Gasteiger partial charge in [0.05, 0.1) is 12.9 Å². The number of ether oxygens (including phenoxy) is 1. The van der Waals surface area contributed by atoms with Crippen molar-refractivity contribution in [3.05, 3.63) is 30.3 Å². The zero-order valence-corrected chi connectivity index (χ0v) is 11.9. The summed E-state index contributed by atoms with van der Waals surface area (Å²) in [5.74, 6) is 0.982. The van der Waals surface area contributed by atoms with Crippen LogP contribution in [0.25, 0.3) is 0 Å². The first kappa shape index (κ1) is 14.3. The van der Waals surface area contributed by atoms with Crippen LogP contribution in [0.1, 0.15) is 0 Å². The third-order valence-electron chi connectivity index (χ3n) is 3.13. The van der Waals surface area contributed by atoms with E-state index in [9.17, 15) is 8.42 Å². The molecule has 0 saturated carbocycles. The van der Waals surface area contributed by atoms with Gasteiger partial charge in [-0.15, -0.1) is 0 Å². The molecule has 0 unspecified atom stereocenters. The minimum atomic E-state index is -3.13. The molecule has 1 aliphatic heterocycles. The Balaban J connectivity index is 1.92. The van der Waals surface area contributed by atoms with Crippen molar-refractivity contribution in [2.24, 2.45) is 5.92 Å². The molecule has 1 aromatic rings. The summed E-state index contributed by atoms with van der Waals surface area (Å²) in [4.78, 5) is 0. The summed E-state index contributed by atoms with van der Waals surface area (Å²) in [6, 6.07) is 9.58. The Morgan fingerprint density at radius 1 is 1.37 bits per heavy atom. The van der Waals surface area contributed by atoms with Gasteiger partial charge in [-0.1, -0.05) is 18.2 Å². The number of sulfonamides is 1. The zero-order chi connectivity index (χ0) is 13.7. The van der Waals surface area contributed by atoms with Crippen molar-refractivity contribution in [2.45, 2.75) is 0 Å². The van der Waals surface area contributed by atoms with Gasteiger partial charge in [0, 0.05) is 32.1 Å². The molecule has 1 aliphatic rings. The molecule has 0 amide bonds. The van der Waals surface area contributed by atoms with Crippen LogP contribution < -0.4 is 10.1 Å². The number of hydrogen-bond donors (Lipinski definition) is 1. The molecule has 1 N–H and O–H groups in total. The van der Waals surface area contributed by atoms with Crippen molar-refractivity contribution in [2.75, 3.05) is 39.0 Å². The van der Waals surface area contributed by atoms with E-state index in [2.05, 4.69) is 5.32 Å². The third-order valence-corrected chi connectivity index (χ3v) is 4.40. The lowest BCUT2D eigenvalue weighted by Crippen LogP contribution is -2.36. The van der Waals surface area contributed by atoms with Crippen molar-refractivity contribution in [1.29, 1.82) is 0 Å². The van der Waals surface area contributed by atoms with Crippen LogP contribution in [0.2, 0.25) is 0 Å². The first-order valence-corrected chi connectivity index (χ1v) is 8.24. The average molecular weight is 284 g/mol. The van der Waals surface area contributed by atoms with Gasteiger partial charge in [0.1, 0.15) is 5.75 Å². The van der Waals surface area contributed by atoms with Crippen molar-refractivity contribution >= 4 is 10.0 Å². The maximum Gasteiger partial charge on any atom is 0.211 e. The Morgan fingerprint density at radius 2 is 2.11 bits per heavy atom. The minimum Gasteiger partial charge on any atom is -0.493 e. The molecule has 6 heteroatoms. The molecule has 19 heavy (non-hydrogen) atoms. The highest BCUT2D eigenvalue weighted by atomic mass is 32.2. The summed E-state index contributed by atoms with van der Waals surface area (Å²) in [5.41, 5.74) is 0. The molecule has 0 bridgehead atoms. The van der Waals surface area contributed by atoms with Gasteiger partial charge in [-0.25, -0.2) is 12.7 Å². The summed E-state index contributed by atoms with van der Waals surface area (Å²) >= 11 is 0. The highest BCUT2D eigenvalue weighted by Gasteiger charge is 2.24. The highest BCUT2D eigenvalue weighted by molar-refractivity contribution is 7.88. The standard InChI is InChI=1S/C13H20N2O3S/c1-19(16,17)15-8-7-14-9-12(10-15)11-18-13-5-3-2-4-6-13/h2-6,12,14H,7-11H2,1H3/t12-/m0/s1. The zero-order valence-electron chi connectivity index (χ0n) is 11.1. The normalized spacial score (nSPS) is 21.8. The van der Waals surface area contributed by atoms with E-state index in [4.69, 9.17) is 4.74 Å². The van der Waals surface area contributed by atoms with E-state index in [-0.39, 0.29) is 5.92 Å². The van der Waals surface area contributed by atoms with Crippen LogP contribution in [-0.4, -0.2) is 51.8 Å². The number of para-hydroxylation sites is 1. The van der Waals surface area contributed by atoms with Gasteiger partial charge in [-0.2, -0.15) is 0 Å². The molecule has 2 rings (SSSR count). The first-order chi connectivity index (χ1) is 9.05. The number of nitrogens with one attached hydrogen (secondary N) is 1. The summed E-state index contributed by atoms with van der Waals surface area (Å²) in [7, 11) is -3.13. The van der Waals surface area contributed by atoms with E-state index < -0.39 is 10.0 Å². The molecular formula is C13H20N2O3S. The second kappa shape index (κ2) is 6.36. The number of hydrogen-bond acceptors (Lipinski definition) is 4. The maximum absolute atomic E-state index is 11.6. The number of nitrogens with zero attached hydrogens (tertiary/aromatic N) is 1. The quantitative estimate of drug-likeness (QED) is 0.877. The van der Waals surface area contributed by atoms with Crippen LogP contribution in [0.5, 0.6) is 5.75 Å². The van der Waals surface area contributed by atoms with Crippen molar-refractivity contribution in [3.63, 3.8) is 0 Å². The fraction of sp³-hybridized carbons (Fsp3) is 0.538. The molecule has 106 valence electrons. The summed E-state index contributed by atoms with van der Waals surface area (Å²) in [6.07, 6.45) is 1.26. The lowest BCUT2D eigenvalue weighted by molar-refractivity contribution is 0.231. The smallest absolute Gasteiger partial charge is 0.211 e. The first-order valence-electron chi connectivity index (χ1n) is 6.39. The van der Waals surface area contributed by atoms with Crippen molar-refractivity contribution in [3.8, 4) is 5.75 Å². The van der Waals surface area contributed by atoms with Crippen molar-refractivity contribution < 1.29 is 13.2 Å². The monoisotopic (exact) mass is 284 g/mol. The molecular weight excluding hydrogens is 264 g/mol. The third kappa shape index (κ3) is 4.49. The largest absolute Gasteiger partial charge is 0.493 e. The van der Waals surface area contributed by atoms with Gasteiger partial charge in [-0.3, -0.25) is 0 Å². The Kier molecular flexibility index (Phi) is 4.79. The van der Waals surface area contributed by atoms with Gasteiger partial charge >= 0.3 is 0 Å². The number of benzene rings is 1. The van der Waals surface area contributed by atoms with Crippen molar-refractivity contribution in [1.82, 2.24) is 9.62 Å². The van der Waals surface area contributed by atoms with Crippen LogP contribution in [0.4, 0.5) is 0 Å². The second-order valence-electron chi connectivity index (χ2n) is 4.82. The Hall–Kier alpha value is -1.11. The average Bonchev–Trinajstić information content (AvgIpc) is 2.62. The topological polar surface area (TPSA) is 58.6 Å². The van der Waals surface area contributed by atoms with E-state index >= 15 is 0 Å². The molecule has 5 nitrogen and oxygen atoms in total. The molecule has 1 fully saturated rings. The Labute approximate surface area is 114 Å². The van der Waals surface area contributed by atoms with Crippen LogP contribution in [0, 0.1) is 5.92 Å². The highest BCUT2D eigenvalue weighted by Crippen LogP contribution is 2.12. The minimum absolute atomic E-state index is 0.164. The molecule has 1 heterocycles. The summed E-state index contributed by atoms with van der Waals surface area (Å²) < 4.78 is 30.5. The van der Waals surface area contributed by atoms with Crippen LogP contribution >= 0.6 is 0 Å². The lowest BCUT2D eigenvalue weighted by Gasteiger charge is -2.21. The molecule has 0 radical (unpaired) electrons. The predicted molar refractivity (Wildman–Crippen MR) is 74.7 cm³/mol. The molecule has 0 spiro atoms. The fourth-order valence-electron chi connectivity index (χ4n) is 2.10. The molecule has 0 aromatic heterocycles. The lowest BCUT2D eigenvalue weighted by atomic mass is 10.1. The van der Waals surface area contributed by atoms with Gasteiger partial charge in [-0.05, 0) is 12.1 Å². The van der Waals surface area contributed by atoms with E-state index in [1.165, 1.54) is 10.6 Å². The van der Waals surface area contributed by atoms with E-state index in [0.717, 1.165) is 12.3 Å². The van der Waals surface area contributed by atoms with Crippen LogP contribution in [-0.2, 0) is 10.0 Å². The van der Waals surface area contributed by atoms with Crippen LogP contribution in [0.3, 0.4) is 0 Å². The SMILES string of the molecule is CS(=O)(=O)N1CCNC[C@H](COc2ccccc2)C1. The van der Waals surface area contributed by atoms with E-state index in [1.54, 1.807) is 0 Å². The Morgan fingerprint density at radius 3 is 2.79 bits per heavy atom. The van der Waals surface area contributed by atoms with Gasteiger partial charge in [0.2, 0.25) is 10.0 Å². The number of rotatable bonds is 4. The molecule has 0 aliphatic carbocycles. The fourth-order valence-corrected chi connectivity index (χ4v) is 3.00. The summed E-state index contributed by atoms with van der Waals surface area (Å²) in [5, 5.41) is 3.25.